The van der Waals surface area contributed by atoms with Gasteiger partial charge in [0.25, 0.3) is 0 Å². The van der Waals surface area contributed by atoms with E-state index in [1.807, 2.05) is 6.08 Å². The first-order valence-corrected chi connectivity index (χ1v) is 6.47. The molecule has 1 nitrogen and oxygen atoms in total. The van der Waals surface area contributed by atoms with E-state index in [0.717, 1.165) is 31.3 Å². The molecule has 0 saturated carbocycles. The Labute approximate surface area is 99.6 Å². The van der Waals surface area contributed by atoms with Crippen molar-refractivity contribution in [3.05, 3.63) is 35.1 Å². The summed E-state index contributed by atoms with van der Waals surface area (Å²) in [7, 11) is 0. The maximum absolute atomic E-state index is 10.0. The average molecular weight is 220 g/mol. The van der Waals surface area contributed by atoms with Crippen LogP contribution in [0.5, 0.6) is 0 Å². The zero-order valence-electron chi connectivity index (χ0n) is 10.8. The molecular formula is C15H24O. The lowest BCUT2D eigenvalue weighted by Crippen LogP contribution is -2.13. The largest absolute Gasteiger partial charge is 0.508 e. The van der Waals surface area contributed by atoms with E-state index in [4.69, 9.17) is 0 Å². The van der Waals surface area contributed by atoms with Crippen molar-refractivity contribution in [3.63, 3.8) is 0 Å². The number of allylic oxidation sites excluding steroid dienone is 4. The molecule has 0 aromatic heterocycles. The minimum Gasteiger partial charge on any atom is -0.508 e. The molecule has 0 spiro atoms. The van der Waals surface area contributed by atoms with Gasteiger partial charge < -0.3 is 5.11 Å². The van der Waals surface area contributed by atoms with E-state index in [9.17, 15) is 5.11 Å². The molecular weight excluding hydrogens is 196 g/mol. The van der Waals surface area contributed by atoms with Crippen LogP contribution < -0.4 is 0 Å². The van der Waals surface area contributed by atoms with Crippen LogP contribution in [0.2, 0.25) is 0 Å². The van der Waals surface area contributed by atoms with Crippen LogP contribution >= 0.6 is 0 Å². The number of hydrogen-bond donors (Lipinski definition) is 1. The second-order valence-corrected chi connectivity index (χ2v) is 4.53. The molecule has 0 bridgehead atoms. The van der Waals surface area contributed by atoms with Crippen LogP contribution in [0.15, 0.2) is 35.1 Å². The van der Waals surface area contributed by atoms with Crippen molar-refractivity contribution in [1.29, 1.82) is 0 Å². The maximum Gasteiger partial charge on any atom is 0.119 e. The van der Waals surface area contributed by atoms with Gasteiger partial charge in [-0.1, -0.05) is 39.3 Å². The van der Waals surface area contributed by atoms with E-state index in [-0.39, 0.29) is 0 Å². The van der Waals surface area contributed by atoms with Gasteiger partial charge in [0.1, 0.15) is 5.76 Å². The van der Waals surface area contributed by atoms with Crippen LogP contribution in [0.25, 0.3) is 0 Å². The molecule has 1 heteroatoms. The Morgan fingerprint density at radius 1 is 1.31 bits per heavy atom. The first-order valence-electron chi connectivity index (χ1n) is 6.47. The van der Waals surface area contributed by atoms with Gasteiger partial charge in [0.2, 0.25) is 0 Å². The fraction of sp³-hybridized carbons (Fsp3) is 0.600. The summed E-state index contributed by atoms with van der Waals surface area (Å²) in [6.45, 7) is 10.6. The molecule has 1 aliphatic rings. The van der Waals surface area contributed by atoms with Crippen LogP contribution in [0.3, 0.4) is 0 Å². The first kappa shape index (κ1) is 13.1. The quantitative estimate of drug-likeness (QED) is 0.697. The maximum atomic E-state index is 10.0. The van der Waals surface area contributed by atoms with E-state index < -0.39 is 0 Å². The van der Waals surface area contributed by atoms with Gasteiger partial charge in [-0.05, 0) is 42.9 Å². The summed E-state index contributed by atoms with van der Waals surface area (Å²) < 4.78 is 0. The highest BCUT2D eigenvalue weighted by Crippen LogP contribution is 2.37. The smallest absolute Gasteiger partial charge is 0.119 e. The molecule has 1 unspecified atom stereocenters. The molecule has 1 atom stereocenters. The van der Waals surface area contributed by atoms with Crippen LogP contribution in [0.1, 0.15) is 52.9 Å². The summed E-state index contributed by atoms with van der Waals surface area (Å²) in [6.07, 6.45) is 7.30. The average Bonchev–Trinajstić information content (AvgIpc) is 2.27. The Hall–Kier alpha value is -0.980. The molecule has 1 rings (SSSR count). The third-order valence-corrected chi connectivity index (χ3v) is 3.46. The first-order chi connectivity index (χ1) is 7.65. The lowest BCUT2D eigenvalue weighted by Gasteiger charge is -2.27. The van der Waals surface area contributed by atoms with Crippen molar-refractivity contribution in [2.45, 2.75) is 52.9 Å². The van der Waals surface area contributed by atoms with Gasteiger partial charge in [0, 0.05) is 5.92 Å². The molecule has 0 amide bonds. The van der Waals surface area contributed by atoms with Gasteiger partial charge in [-0.2, -0.15) is 0 Å². The number of aliphatic hydroxyl groups excluding tert-OH is 1. The monoisotopic (exact) mass is 220 g/mol. The number of unbranched alkanes of at least 4 members (excludes halogenated alkanes) is 1. The summed E-state index contributed by atoms with van der Waals surface area (Å²) in [5.74, 6) is 0.910. The Bertz CT molecular complexity index is 320. The minimum atomic E-state index is 0.452. The molecule has 0 aliphatic heterocycles. The molecule has 1 aliphatic carbocycles. The number of aliphatic hydroxyl groups is 1. The highest BCUT2D eigenvalue weighted by Gasteiger charge is 2.23. The van der Waals surface area contributed by atoms with Gasteiger partial charge in [-0.15, -0.1) is 0 Å². The highest BCUT2D eigenvalue weighted by molar-refractivity contribution is 5.45. The number of hydrogen-bond acceptors (Lipinski definition) is 1. The normalized spacial score (nSPS) is 21.3. The highest BCUT2D eigenvalue weighted by atomic mass is 16.3. The molecule has 0 heterocycles. The lowest BCUT2D eigenvalue weighted by molar-refractivity contribution is 0.407. The van der Waals surface area contributed by atoms with Crippen molar-refractivity contribution in [3.8, 4) is 0 Å². The topological polar surface area (TPSA) is 20.2 Å². The lowest BCUT2D eigenvalue weighted by atomic mass is 9.79. The third kappa shape index (κ3) is 2.58. The van der Waals surface area contributed by atoms with Crippen LogP contribution in [-0.2, 0) is 0 Å². The summed E-state index contributed by atoms with van der Waals surface area (Å²) in [5.41, 5.74) is 3.65. The Morgan fingerprint density at radius 3 is 2.50 bits per heavy atom. The fourth-order valence-corrected chi connectivity index (χ4v) is 2.57. The zero-order valence-corrected chi connectivity index (χ0v) is 10.8. The van der Waals surface area contributed by atoms with Crippen LogP contribution in [0.4, 0.5) is 0 Å². The van der Waals surface area contributed by atoms with Gasteiger partial charge in [-0.3, -0.25) is 0 Å². The third-order valence-electron chi connectivity index (χ3n) is 3.46. The summed E-state index contributed by atoms with van der Waals surface area (Å²) in [6, 6.07) is 0. The van der Waals surface area contributed by atoms with Gasteiger partial charge in [0.05, 0.1) is 0 Å². The summed E-state index contributed by atoms with van der Waals surface area (Å²) >= 11 is 0. The molecule has 1 N–H and O–H groups in total. The van der Waals surface area contributed by atoms with E-state index >= 15 is 0 Å². The van der Waals surface area contributed by atoms with Crippen molar-refractivity contribution in [2.75, 3.05) is 0 Å². The molecule has 0 aromatic rings. The minimum absolute atomic E-state index is 0.452. The van der Waals surface area contributed by atoms with E-state index in [2.05, 4.69) is 27.4 Å². The van der Waals surface area contributed by atoms with Crippen molar-refractivity contribution in [2.24, 2.45) is 5.92 Å². The van der Waals surface area contributed by atoms with Gasteiger partial charge in [0.15, 0.2) is 0 Å². The standard InChI is InChI=1S/C15H24O/c1-5-8-9-14-13(7-3)12(6-2)11(4)10-15(14)16/h10,12,16H,4-9H2,1-3H3. The van der Waals surface area contributed by atoms with E-state index in [1.165, 1.54) is 17.6 Å². The summed E-state index contributed by atoms with van der Waals surface area (Å²) in [5, 5.41) is 10.0. The molecule has 0 saturated heterocycles. The Balaban J connectivity index is 3.03. The predicted octanol–water partition coefficient (Wildman–Crippen LogP) is 4.92. The second kappa shape index (κ2) is 5.93. The predicted molar refractivity (Wildman–Crippen MR) is 70.5 cm³/mol. The molecule has 0 fully saturated rings. The van der Waals surface area contributed by atoms with Gasteiger partial charge >= 0.3 is 0 Å². The Morgan fingerprint density at radius 2 is 2.00 bits per heavy atom. The van der Waals surface area contributed by atoms with Crippen molar-refractivity contribution in [1.82, 2.24) is 0 Å². The summed E-state index contributed by atoms with van der Waals surface area (Å²) in [4.78, 5) is 0. The number of rotatable bonds is 5. The Kier molecular flexibility index (Phi) is 4.85. The van der Waals surface area contributed by atoms with Crippen molar-refractivity contribution < 1.29 is 5.11 Å². The SMILES string of the molecule is C=C1C=C(O)C(CCCC)=C(CC)C1CC. The fourth-order valence-electron chi connectivity index (χ4n) is 2.57. The molecule has 0 radical (unpaired) electrons. The second-order valence-electron chi connectivity index (χ2n) is 4.53. The van der Waals surface area contributed by atoms with Gasteiger partial charge in [-0.25, -0.2) is 0 Å². The zero-order chi connectivity index (χ0) is 12.1. The molecule has 90 valence electrons. The van der Waals surface area contributed by atoms with Crippen molar-refractivity contribution >= 4 is 0 Å². The van der Waals surface area contributed by atoms with Crippen LogP contribution in [0, 0.1) is 5.92 Å². The van der Waals surface area contributed by atoms with E-state index in [0.29, 0.717) is 11.7 Å². The van der Waals surface area contributed by atoms with E-state index in [1.54, 1.807) is 0 Å². The molecule has 0 aromatic carbocycles. The van der Waals surface area contributed by atoms with Crippen LogP contribution in [-0.4, -0.2) is 5.11 Å². The molecule has 16 heavy (non-hydrogen) atoms.